The van der Waals surface area contributed by atoms with Crippen molar-refractivity contribution in [1.29, 1.82) is 0 Å². The van der Waals surface area contributed by atoms with Crippen molar-refractivity contribution in [2.45, 2.75) is 59.7 Å². The predicted octanol–water partition coefficient (Wildman–Crippen LogP) is 1.78. The van der Waals surface area contributed by atoms with Gasteiger partial charge in [0.15, 0.2) is 0 Å². The van der Waals surface area contributed by atoms with Crippen LogP contribution >= 0.6 is 0 Å². The Labute approximate surface area is 94.4 Å². The Bertz CT molecular complexity index is 231. The van der Waals surface area contributed by atoms with Gasteiger partial charge >= 0.3 is 0 Å². The zero-order valence-corrected chi connectivity index (χ0v) is 11.1. The van der Waals surface area contributed by atoms with Gasteiger partial charge in [0.2, 0.25) is 6.34 Å². The molecule has 1 heterocycles. The molecular weight excluding hydrogens is 186 g/mol. The van der Waals surface area contributed by atoms with Crippen LogP contribution in [0.2, 0.25) is 0 Å². The lowest BCUT2D eigenvalue weighted by Gasteiger charge is -2.35. The van der Waals surface area contributed by atoms with Crippen LogP contribution in [0.5, 0.6) is 0 Å². The van der Waals surface area contributed by atoms with Crippen molar-refractivity contribution in [3.8, 4) is 0 Å². The van der Waals surface area contributed by atoms with Crippen LogP contribution in [0.1, 0.15) is 41.5 Å². The maximum absolute atomic E-state index is 2.50. The summed E-state index contributed by atoms with van der Waals surface area (Å²) in [7, 11) is 0. The molecule has 0 saturated carbocycles. The summed E-state index contributed by atoms with van der Waals surface area (Å²) in [6, 6.07) is 1.77. The second-order valence-corrected chi connectivity index (χ2v) is 5.30. The zero-order valence-electron chi connectivity index (χ0n) is 11.1. The minimum Gasteiger partial charge on any atom is -0.253 e. The van der Waals surface area contributed by atoms with Gasteiger partial charge in [-0.05, 0) is 41.5 Å². The zero-order chi connectivity index (χ0) is 11.6. The molecule has 88 valence electrons. The topological polar surface area (TPSA) is 9.49 Å². The SMILES string of the molecule is CC(C)N1C=[N+](C(C)C)CN(C(C)C)C1. The van der Waals surface area contributed by atoms with E-state index in [1.165, 1.54) is 0 Å². The lowest BCUT2D eigenvalue weighted by atomic mass is 10.3. The molecule has 0 saturated heterocycles. The number of hydrogen-bond acceptors (Lipinski definition) is 2. The van der Waals surface area contributed by atoms with Crippen LogP contribution in [0.3, 0.4) is 0 Å². The van der Waals surface area contributed by atoms with Crippen LogP contribution < -0.4 is 0 Å². The largest absolute Gasteiger partial charge is 0.253 e. The number of nitrogens with zero attached hydrogens (tertiary/aromatic N) is 3. The van der Waals surface area contributed by atoms with Gasteiger partial charge in [0.25, 0.3) is 0 Å². The molecule has 0 radical (unpaired) electrons. The maximum atomic E-state index is 2.50. The van der Waals surface area contributed by atoms with Crippen molar-refractivity contribution in [1.82, 2.24) is 9.80 Å². The quantitative estimate of drug-likeness (QED) is 0.660. The van der Waals surface area contributed by atoms with Crippen LogP contribution in [0, 0.1) is 0 Å². The molecule has 15 heavy (non-hydrogen) atoms. The highest BCUT2D eigenvalue weighted by Crippen LogP contribution is 2.09. The Kier molecular flexibility index (Phi) is 4.14. The Morgan fingerprint density at radius 1 is 1.00 bits per heavy atom. The molecular formula is C12H26N3+. The van der Waals surface area contributed by atoms with E-state index in [-0.39, 0.29) is 0 Å². The van der Waals surface area contributed by atoms with Crippen LogP contribution in [-0.2, 0) is 0 Å². The van der Waals surface area contributed by atoms with Crippen molar-refractivity contribution in [2.75, 3.05) is 13.3 Å². The third kappa shape index (κ3) is 3.20. The fraction of sp³-hybridized carbons (Fsp3) is 0.917. The lowest BCUT2D eigenvalue weighted by molar-refractivity contribution is -0.587. The molecule has 3 heteroatoms. The van der Waals surface area contributed by atoms with Gasteiger partial charge in [-0.2, -0.15) is 0 Å². The van der Waals surface area contributed by atoms with Gasteiger partial charge in [-0.25, -0.2) is 4.90 Å². The molecule has 1 aliphatic heterocycles. The van der Waals surface area contributed by atoms with Gasteiger partial charge in [-0.15, -0.1) is 0 Å². The molecule has 0 amide bonds. The smallest absolute Gasteiger partial charge is 0.236 e. The number of rotatable bonds is 3. The van der Waals surface area contributed by atoms with Gasteiger partial charge in [0, 0.05) is 6.04 Å². The van der Waals surface area contributed by atoms with Crippen LogP contribution in [0.15, 0.2) is 0 Å². The molecule has 0 fully saturated rings. The van der Waals surface area contributed by atoms with Gasteiger partial charge in [0.05, 0.1) is 12.1 Å². The van der Waals surface area contributed by atoms with Gasteiger partial charge in [-0.3, -0.25) is 9.48 Å². The average Bonchev–Trinajstić information content (AvgIpc) is 2.16. The Balaban J connectivity index is 2.79. The summed E-state index contributed by atoms with van der Waals surface area (Å²) < 4.78 is 2.41. The van der Waals surface area contributed by atoms with E-state index in [0.717, 1.165) is 13.3 Å². The minimum atomic E-state index is 0.577. The Hall–Kier alpha value is -0.570. The molecule has 0 aromatic heterocycles. The fourth-order valence-corrected chi connectivity index (χ4v) is 1.65. The van der Waals surface area contributed by atoms with E-state index < -0.39 is 0 Å². The Morgan fingerprint density at radius 3 is 2.00 bits per heavy atom. The summed E-state index contributed by atoms with van der Waals surface area (Å²) in [4.78, 5) is 4.91. The second-order valence-electron chi connectivity index (χ2n) is 5.30. The summed E-state index contributed by atoms with van der Waals surface area (Å²) >= 11 is 0. The highest BCUT2D eigenvalue weighted by molar-refractivity contribution is 5.49. The van der Waals surface area contributed by atoms with E-state index in [4.69, 9.17) is 0 Å². The maximum Gasteiger partial charge on any atom is 0.236 e. The van der Waals surface area contributed by atoms with Gasteiger partial charge in [-0.1, -0.05) is 0 Å². The van der Waals surface area contributed by atoms with E-state index in [1.807, 2.05) is 0 Å². The summed E-state index contributed by atoms with van der Waals surface area (Å²) in [6.45, 7) is 15.6. The monoisotopic (exact) mass is 212 g/mol. The van der Waals surface area contributed by atoms with E-state index >= 15 is 0 Å². The average molecular weight is 212 g/mol. The van der Waals surface area contributed by atoms with E-state index in [9.17, 15) is 0 Å². The standard InChI is InChI=1S/C12H26N3/c1-10(2)13-7-14(11(3)4)9-15(8-13)12(5)6/h7,10-12H,8-9H2,1-6H3/q+1. The molecule has 0 atom stereocenters. The molecule has 1 rings (SSSR count). The van der Waals surface area contributed by atoms with E-state index in [0.29, 0.717) is 18.1 Å². The summed E-state index contributed by atoms with van der Waals surface area (Å²) in [5.74, 6) is 0. The first-order valence-corrected chi connectivity index (χ1v) is 6.02. The third-order valence-electron chi connectivity index (χ3n) is 3.04. The molecule has 0 unspecified atom stereocenters. The molecule has 0 N–H and O–H groups in total. The van der Waals surface area contributed by atoms with Crippen molar-refractivity contribution < 1.29 is 4.58 Å². The summed E-state index contributed by atoms with van der Waals surface area (Å²) in [5.41, 5.74) is 0. The summed E-state index contributed by atoms with van der Waals surface area (Å²) in [5, 5.41) is 0. The fourth-order valence-electron chi connectivity index (χ4n) is 1.65. The predicted molar refractivity (Wildman–Crippen MR) is 65.1 cm³/mol. The van der Waals surface area contributed by atoms with Crippen molar-refractivity contribution in [3.63, 3.8) is 0 Å². The highest BCUT2D eigenvalue weighted by atomic mass is 15.4. The molecule has 1 aliphatic rings. The molecule has 0 aromatic rings. The minimum absolute atomic E-state index is 0.577. The first kappa shape index (κ1) is 12.5. The molecule has 0 aliphatic carbocycles. The van der Waals surface area contributed by atoms with E-state index in [1.54, 1.807) is 0 Å². The van der Waals surface area contributed by atoms with Gasteiger partial charge < -0.3 is 0 Å². The van der Waals surface area contributed by atoms with Gasteiger partial charge in [0.1, 0.15) is 13.3 Å². The van der Waals surface area contributed by atoms with E-state index in [2.05, 4.69) is 62.3 Å². The molecule has 0 aromatic carbocycles. The van der Waals surface area contributed by atoms with Crippen LogP contribution in [-0.4, -0.2) is 52.2 Å². The van der Waals surface area contributed by atoms with Crippen molar-refractivity contribution in [3.05, 3.63) is 0 Å². The first-order valence-electron chi connectivity index (χ1n) is 6.02. The van der Waals surface area contributed by atoms with Crippen molar-refractivity contribution in [2.24, 2.45) is 0 Å². The normalized spacial score (nSPS) is 19.3. The highest BCUT2D eigenvalue weighted by Gasteiger charge is 2.27. The third-order valence-corrected chi connectivity index (χ3v) is 3.04. The van der Waals surface area contributed by atoms with Crippen LogP contribution in [0.4, 0.5) is 0 Å². The second kappa shape index (κ2) is 4.97. The first-order chi connectivity index (χ1) is 6.91. The molecule has 3 nitrogen and oxygen atoms in total. The molecule has 0 bridgehead atoms. The van der Waals surface area contributed by atoms with Crippen LogP contribution in [0.25, 0.3) is 0 Å². The lowest BCUT2D eigenvalue weighted by Crippen LogP contribution is -2.54. The van der Waals surface area contributed by atoms with Crippen molar-refractivity contribution >= 4 is 6.34 Å². The molecule has 0 spiro atoms. The summed E-state index contributed by atoms with van der Waals surface area (Å²) in [6.07, 6.45) is 2.29. The number of hydrogen-bond donors (Lipinski definition) is 0. The Morgan fingerprint density at radius 2 is 1.60 bits per heavy atom.